The van der Waals surface area contributed by atoms with Crippen molar-refractivity contribution >= 4 is 5.82 Å². The molecule has 0 amide bonds. The number of rotatable bonds is 2. The van der Waals surface area contributed by atoms with E-state index in [0.29, 0.717) is 22.9 Å². The van der Waals surface area contributed by atoms with Gasteiger partial charge in [-0.2, -0.15) is 5.10 Å². The minimum absolute atomic E-state index is 0.323. The Labute approximate surface area is 103 Å². The molecule has 1 heterocycles. The fourth-order valence-electron chi connectivity index (χ4n) is 2.17. The van der Waals surface area contributed by atoms with Crippen molar-refractivity contribution in [2.75, 3.05) is 5.73 Å². The monoisotopic (exact) mass is 249 g/mol. The molecule has 94 valence electrons. The van der Waals surface area contributed by atoms with Crippen LogP contribution in [0.2, 0.25) is 0 Å². The quantitative estimate of drug-likeness (QED) is 0.889. The number of halogens is 2. The van der Waals surface area contributed by atoms with Gasteiger partial charge in [0.1, 0.15) is 17.5 Å². The predicted octanol–water partition coefficient (Wildman–Crippen LogP) is 2.82. The second kappa shape index (κ2) is 3.80. The molecule has 2 N–H and O–H groups in total. The van der Waals surface area contributed by atoms with Crippen LogP contribution in [-0.2, 0) is 7.05 Å². The molecule has 0 radical (unpaired) electrons. The largest absolute Gasteiger partial charge is 0.383 e. The number of anilines is 1. The van der Waals surface area contributed by atoms with Crippen LogP contribution in [0.25, 0.3) is 11.1 Å². The molecule has 3 nitrogen and oxygen atoms in total. The average Bonchev–Trinajstić information content (AvgIpc) is 3.10. The topological polar surface area (TPSA) is 43.8 Å². The van der Waals surface area contributed by atoms with Gasteiger partial charge in [-0.3, -0.25) is 4.68 Å². The minimum Gasteiger partial charge on any atom is -0.383 e. The summed E-state index contributed by atoms with van der Waals surface area (Å²) in [4.78, 5) is 0. The Kier molecular flexibility index (Phi) is 2.36. The number of nitrogen functional groups attached to an aromatic ring is 1. The van der Waals surface area contributed by atoms with Crippen molar-refractivity contribution in [1.82, 2.24) is 9.78 Å². The molecular weight excluding hydrogens is 236 g/mol. The second-order valence-corrected chi connectivity index (χ2v) is 4.67. The summed E-state index contributed by atoms with van der Waals surface area (Å²) in [6, 6.07) is 3.53. The van der Waals surface area contributed by atoms with E-state index in [9.17, 15) is 8.78 Å². The Hall–Kier alpha value is -1.91. The fourth-order valence-corrected chi connectivity index (χ4v) is 2.17. The van der Waals surface area contributed by atoms with Crippen molar-refractivity contribution in [3.8, 4) is 11.1 Å². The van der Waals surface area contributed by atoms with Crippen molar-refractivity contribution in [3.05, 3.63) is 35.5 Å². The van der Waals surface area contributed by atoms with E-state index in [1.165, 1.54) is 12.1 Å². The lowest BCUT2D eigenvalue weighted by Crippen LogP contribution is -1.98. The zero-order chi connectivity index (χ0) is 12.9. The Morgan fingerprint density at radius 3 is 2.67 bits per heavy atom. The van der Waals surface area contributed by atoms with Gasteiger partial charge in [0.05, 0.1) is 11.3 Å². The summed E-state index contributed by atoms with van der Waals surface area (Å²) in [5.74, 6) is -0.418. The molecule has 2 aromatic rings. The first-order chi connectivity index (χ1) is 8.58. The van der Waals surface area contributed by atoms with Crippen LogP contribution in [-0.4, -0.2) is 9.78 Å². The number of nitrogens with two attached hydrogens (primary N) is 1. The van der Waals surface area contributed by atoms with Gasteiger partial charge in [0.25, 0.3) is 0 Å². The molecule has 5 heteroatoms. The molecule has 0 unspecified atom stereocenters. The Balaban J connectivity index is 2.21. The number of hydrogen-bond acceptors (Lipinski definition) is 2. The fraction of sp³-hybridized carbons (Fsp3) is 0.308. The lowest BCUT2D eigenvalue weighted by atomic mass is 10.0. The molecule has 1 aromatic heterocycles. The van der Waals surface area contributed by atoms with E-state index >= 15 is 0 Å². The van der Waals surface area contributed by atoms with E-state index < -0.39 is 11.6 Å². The molecule has 1 aliphatic carbocycles. The van der Waals surface area contributed by atoms with Crippen molar-refractivity contribution in [2.45, 2.75) is 18.8 Å². The zero-order valence-corrected chi connectivity index (χ0v) is 9.95. The Bertz CT molecular complexity index is 615. The van der Waals surface area contributed by atoms with Crippen LogP contribution in [0.3, 0.4) is 0 Å². The second-order valence-electron chi connectivity index (χ2n) is 4.67. The molecule has 3 rings (SSSR count). The third-order valence-electron chi connectivity index (χ3n) is 3.28. The molecule has 0 saturated heterocycles. The van der Waals surface area contributed by atoms with E-state index in [4.69, 9.17) is 5.73 Å². The number of hydrogen-bond donors (Lipinski definition) is 1. The first-order valence-electron chi connectivity index (χ1n) is 5.85. The molecule has 0 spiro atoms. The highest BCUT2D eigenvalue weighted by Crippen LogP contribution is 2.46. The number of aromatic nitrogens is 2. The molecule has 1 aliphatic rings. The average molecular weight is 249 g/mol. The van der Waals surface area contributed by atoms with E-state index in [0.717, 1.165) is 24.6 Å². The molecule has 0 bridgehead atoms. The molecule has 1 aromatic carbocycles. The Morgan fingerprint density at radius 2 is 2.06 bits per heavy atom. The first-order valence-corrected chi connectivity index (χ1v) is 5.85. The van der Waals surface area contributed by atoms with E-state index in [1.807, 2.05) is 0 Å². The molecule has 1 saturated carbocycles. The highest BCUT2D eigenvalue weighted by molar-refractivity contribution is 5.78. The van der Waals surface area contributed by atoms with Gasteiger partial charge in [-0.15, -0.1) is 0 Å². The van der Waals surface area contributed by atoms with Gasteiger partial charge in [-0.05, 0) is 25.0 Å². The third kappa shape index (κ3) is 1.66. The molecule has 0 aliphatic heterocycles. The van der Waals surface area contributed by atoms with Crippen molar-refractivity contribution in [3.63, 3.8) is 0 Å². The van der Waals surface area contributed by atoms with Crippen LogP contribution in [0.15, 0.2) is 18.2 Å². The van der Waals surface area contributed by atoms with Gasteiger partial charge in [-0.25, -0.2) is 8.78 Å². The van der Waals surface area contributed by atoms with Crippen LogP contribution in [0.5, 0.6) is 0 Å². The van der Waals surface area contributed by atoms with Gasteiger partial charge < -0.3 is 5.73 Å². The van der Waals surface area contributed by atoms with Gasteiger partial charge in [0.15, 0.2) is 0 Å². The Morgan fingerprint density at radius 1 is 1.33 bits per heavy atom. The van der Waals surface area contributed by atoms with Gasteiger partial charge >= 0.3 is 0 Å². The van der Waals surface area contributed by atoms with Crippen LogP contribution in [0, 0.1) is 11.6 Å². The van der Waals surface area contributed by atoms with E-state index in [2.05, 4.69) is 5.10 Å². The minimum atomic E-state index is -0.600. The van der Waals surface area contributed by atoms with Crippen LogP contribution < -0.4 is 5.73 Å². The highest BCUT2D eigenvalue weighted by Gasteiger charge is 2.32. The summed E-state index contributed by atoms with van der Waals surface area (Å²) < 4.78 is 28.4. The highest BCUT2D eigenvalue weighted by atomic mass is 19.1. The third-order valence-corrected chi connectivity index (χ3v) is 3.28. The van der Waals surface area contributed by atoms with Crippen LogP contribution in [0.4, 0.5) is 14.6 Å². The molecular formula is C13H13F2N3. The van der Waals surface area contributed by atoms with E-state index in [-0.39, 0.29) is 0 Å². The smallest absolute Gasteiger partial charge is 0.134 e. The van der Waals surface area contributed by atoms with Gasteiger partial charge in [0.2, 0.25) is 0 Å². The normalized spacial score (nSPS) is 15.1. The summed E-state index contributed by atoms with van der Waals surface area (Å²) >= 11 is 0. The van der Waals surface area contributed by atoms with E-state index in [1.54, 1.807) is 11.7 Å². The zero-order valence-electron chi connectivity index (χ0n) is 9.95. The van der Waals surface area contributed by atoms with Crippen LogP contribution in [0.1, 0.15) is 24.5 Å². The SMILES string of the molecule is Cn1nc(C2CC2)c(-c2ccc(F)cc2F)c1N. The maximum Gasteiger partial charge on any atom is 0.134 e. The summed E-state index contributed by atoms with van der Waals surface area (Å²) in [5, 5.41) is 4.34. The summed E-state index contributed by atoms with van der Waals surface area (Å²) in [6.07, 6.45) is 2.10. The summed E-state index contributed by atoms with van der Waals surface area (Å²) in [5.41, 5.74) is 7.70. The number of nitrogens with zero attached hydrogens (tertiary/aromatic N) is 2. The first kappa shape index (κ1) is 11.2. The van der Waals surface area contributed by atoms with Crippen molar-refractivity contribution in [1.29, 1.82) is 0 Å². The lowest BCUT2D eigenvalue weighted by Gasteiger charge is -2.05. The number of benzene rings is 1. The maximum atomic E-state index is 13.9. The standard InChI is InChI=1S/C13H13F2N3/c1-18-13(16)11(12(17-18)7-2-3-7)9-5-4-8(14)6-10(9)15/h4-7H,2-3,16H2,1H3. The van der Waals surface area contributed by atoms with Gasteiger partial charge in [0, 0.05) is 24.6 Å². The van der Waals surface area contributed by atoms with Crippen molar-refractivity contribution in [2.24, 2.45) is 7.05 Å². The lowest BCUT2D eigenvalue weighted by molar-refractivity contribution is 0.585. The summed E-state index contributed by atoms with van der Waals surface area (Å²) in [7, 11) is 1.73. The maximum absolute atomic E-state index is 13.9. The molecule has 18 heavy (non-hydrogen) atoms. The number of aryl methyl sites for hydroxylation is 1. The molecule has 0 atom stereocenters. The van der Waals surface area contributed by atoms with Crippen molar-refractivity contribution < 1.29 is 8.78 Å². The van der Waals surface area contributed by atoms with Gasteiger partial charge in [-0.1, -0.05) is 0 Å². The summed E-state index contributed by atoms with van der Waals surface area (Å²) in [6.45, 7) is 0. The van der Waals surface area contributed by atoms with Crippen LogP contribution >= 0.6 is 0 Å². The predicted molar refractivity (Wildman–Crippen MR) is 64.9 cm³/mol. The molecule has 1 fully saturated rings.